The number of nitrogens with one attached hydrogen (secondary N) is 1. The lowest BCUT2D eigenvalue weighted by molar-refractivity contribution is -0.114. The standard InChI is InChI=1S/C16H22N4O3S/c1-13(21)18-14-5-7-15(8-6-14)24(22,23)20-12-9-17-16(20)19-10-3-2-4-11-19/h5-8H,2-4,9-12H2,1H3,(H,18,21). The first kappa shape index (κ1) is 16.8. The molecule has 1 aromatic carbocycles. The predicted molar refractivity (Wildman–Crippen MR) is 92.4 cm³/mol. The second-order valence-corrected chi connectivity index (χ2v) is 7.87. The van der Waals surface area contributed by atoms with E-state index in [2.05, 4.69) is 15.2 Å². The van der Waals surface area contributed by atoms with E-state index in [1.807, 2.05) is 0 Å². The number of anilines is 1. The molecule has 7 nitrogen and oxygen atoms in total. The number of rotatable bonds is 3. The summed E-state index contributed by atoms with van der Waals surface area (Å²) in [5, 5.41) is 2.63. The topological polar surface area (TPSA) is 82.1 Å². The number of hydrogen-bond acceptors (Lipinski definition) is 5. The zero-order valence-corrected chi connectivity index (χ0v) is 14.6. The van der Waals surface area contributed by atoms with E-state index >= 15 is 0 Å². The van der Waals surface area contributed by atoms with Gasteiger partial charge < -0.3 is 10.2 Å². The fourth-order valence-corrected chi connectivity index (χ4v) is 4.48. The zero-order chi connectivity index (χ0) is 17.2. The molecule has 0 unspecified atom stereocenters. The van der Waals surface area contributed by atoms with Gasteiger partial charge in [0.25, 0.3) is 10.0 Å². The molecule has 0 radical (unpaired) electrons. The maximum absolute atomic E-state index is 13.0. The van der Waals surface area contributed by atoms with Crippen molar-refractivity contribution in [3.63, 3.8) is 0 Å². The quantitative estimate of drug-likeness (QED) is 0.895. The lowest BCUT2D eigenvalue weighted by Gasteiger charge is -2.32. The molecule has 1 aromatic rings. The predicted octanol–water partition coefficient (Wildman–Crippen LogP) is 1.49. The third kappa shape index (κ3) is 3.38. The van der Waals surface area contributed by atoms with E-state index in [0.717, 1.165) is 25.9 Å². The van der Waals surface area contributed by atoms with Gasteiger partial charge in [0.1, 0.15) is 0 Å². The van der Waals surface area contributed by atoms with Crippen LogP contribution in [0, 0.1) is 0 Å². The highest BCUT2D eigenvalue weighted by molar-refractivity contribution is 7.89. The molecule has 2 aliphatic rings. The number of amides is 1. The number of likely N-dealkylation sites (tertiary alicyclic amines) is 1. The van der Waals surface area contributed by atoms with Crippen molar-refractivity contribution >= 4 is 27.6 Å². The SMILES string of the molecule is CC(=O)Nc1ccc(S(=O)(=O)N2CCN=C2N2CCCCC2)cc1. The number of nitrogens with zero attached hydrogens (tertiary/aromatic N) is 3. The third-order valence-corrected chi connectivity index (χ3v) is 5.98. The second kappa shape index (κ2) is 6.80. The molecule has 1 N–H and O–H groups in total. The summed E-state index contributed by atoms with van der Waals surface area (Å²) in [6.07, 6.45) is 3.32. The van der Waals surface area contributed by atoms with Crippen molar-refractivity contribution in [1.82, 2.24) is 9.21 Å². The van der Waals surface area contributed by atoms with Crippen molar-refractivity contribution in [2.24, 2.45) is 4.99 Å². The molecule has 0 spiro atoms. The van der Waals surface area contributed by atoms with Crippen molar-refractivity contribution in [3.05, 3.63) is 24.3 Å². The molecule has 0 saturated carbocycles. The Hall–Kier alpha value is -2.09. The van der Waals surface area contributed by atoms with Crippen molar-refractivity contribution < 1.29 is 13.2 Å². The first-order valence-electron chi connectivity index (χ1n) is 8.18. The summed E-state index contributed by atoms with van der Waals surface area (Å²) < 4.78 is 27.3. The van der Waals surface area contributed by atoms with Crippen molar-refractivity contribution in [2.45, 2.75) is 31.1 Å². The van der Waals surface area contributed by atoms with Crippen molar-refractivity contribution in [1.29, 1.82) is 0 Å². The van der Waals surface area contributed by atoms with Gasteiger partial charge in [-0.05, 0) is 43.5 Å². The highest BCUT2D eigenvalue weighted by Crippen LogP contribution is 2.23. The molecule has 0 aliphatic carbocycles. The Kier molecular flexibility index (Phi) is 4.75. The molecule has 2 heterocycles. The van der Waals surface area contributed by atoms with Gasteiger partial charge in [-0.25, -0.2) is 12.7 Å². The van der Waals surface area contributed by atoms with Crippen LogP contribution in [0.1, 0.15) is 26.2 Å². The molecule has 3 rings (SSSR count). The summed E-state index contributed by atoms with van der Waals surface area (Å²) >= 11 is 0. The molecule has 0 bridgehead atoms. The van der Waals surface area contributed by atoms with Gasteiger partial charge in [0.15, 0.2) is 0 Å². The minimum Gasteiger partial charge on any atom is -0.342 e. The largest absolute Gasteiger partial charge is 0.342 e. The summed E-state index contributed by atoms with van der Waals surface area (Å²) in [6.45, 7) is 3.99. The summed E-state index contributed by atoms with van der Waals surface area (Å²) in [5.74, 6) is 0.380. The van der Waals surface area contributed by atoms with Crippen LogP contribution < -0.4 is 5.32 Å². The molecule has 1 saturated heterocycles. The van der Waals surface area contributed by atoms with Crippen LogP contribution in [0.4, 0.5) is 5.69 Å². The number of guanidine groups is 1. The maximum atomic E-state index is 13.0. The van der Waals surface area contributed by atoms with Gasteiger partial charge in [0.05, 0.1) is 18.0 Å². The fourth-order valence-electron chi connectivity index (χ4n) is 3.04. The highest BCUT2D eigenvalue weighted by Gasteiger charge is 2.34. The minimum atomic E-state index is -3.63. The summed E-state index contributed by atoms with van der Waals surface area (Å²) in [4.78, 5) is 17.8. The highest BCUT2D eigenvalue weighted by atomic mass is 32.2. The van der Waals surface area contributed by atoms with E-state index < -0.39 is 10.0 Å². The number of piperidine rings is 1. The molecular formula is C16H22N4O3S. The third-order valence-electron chi connectivity index (χ3n) is 4.18. The van der Waals surface area contributed by atoms with Crippen molar-refractivity contribution in [3.8, 4) is 0 Å². The van der Waals surface area contributed by atoms with Crippen molar-refractivity contribution in [2.75, 3.05) is 31.5 Å². The normalized spacial score (nSPS) is 18.5. The lowest BCUT2D eigenvalue weighted by atomic mass is 10.1. The van der Waals surface area contributed by atoms with Crippen LogP contribution in [0.5, 0.6) is 0 Å². The molecule has 1 amide bonds. The van der Waals surface area contributed by atoms with E-state index in [-0.39, 0.29) is 10.8 Å². The van der Waals surface area contributed by atoms with Crippen LogP contribution >= 0.6 is 0 Å². The van der Waals surface area contributed by atoms with Gasteiger partial charge in [-0.15, -0.1) is 0 Å². The smallest absolute Gasteiger partial charge is 0.266 e. The molecular weight excluding hydrogens is 328 g/mol. The van der Waals surface area contributed by atoms with E-state index in [9.17, 15) is 13.2 Å². The van der Waals surface area contributed by atoms with E-state index in [4.69, 9.17) is 0 Å². The summed E-state index contributed by atoms with van der Waals surface area (Å²) in [6, 6.07) is 6.24. The fraction of sp³-hybridized carbons (Fsp3) is 0.500. The average molecular weight is 350 g/mol. The van der Waals surface area contributed by atoms with Gasteiger partial charge in [0.2, 0.25) is 11.9 Å². The number of benzene rings is 1. The van der Waals surface area contributed by atoms with Gasteiger partial charge in [-0.3, -0.25) is 9.79 Å². The van der Waals surface area contributed by atoms with E-state index in [0.29, 0.717) is 24.7 Å². The first-order chi connectivity index (χ1) is 11.5. The first-order valence-corrected chi connectivity index (χ1v) is 9.62. The molecule has 0 atom stereocenters. The van der Waals surface area contributed by atoms with E-state index in [1.54, 1.807) is 12.1 Å². The number of aliphatic imine (C=N–C) groups is 1. The van der Waals surface area contributed by atoms with Crippen LogP contribution in [-0.4, -0.2) is 55.7 Å². The Morgan fingerprint density at radius 3 is 2.38 bits per heavy atom. The second-order valence-electron chi connectivity index (χ2n) is 6.01. The Labute approximate surface area is 142 Å². The zero-order valence-electron chi connectivity index (χ0n) is 13.7. The van der Waals surface area contributed by atoms with Gasteiger partial charge in [-0.1, -0.05) is 0 Å². The number of carbonyl (C=O) groups excluding carboxylic acids is 1. The van der Waals surface area contributed by atoms with E-state index in [1.165, 1.54) is 29.8 Å². The lowest BCUT2D eigenvalue weighted by Crippen LogP contribution is -2.46. The Morgan fingerprint density at radius 1 is 1.08 bits per heavy atom. The van der Waals surface area contributed by atoms with Crippen LogP contribution in [0.15, 0.2) is 34.2 Å². The van der Waals surface area contributed by atoms with Crippen LogP contribution in [0.25, 0.3) is 0 Å². The molecule has 1 fully saturated rings. The molecule has 2 aliphatic heterocycles. The number of hydrogen-bond donors (Lipinski definition) is 1. The monoisotopic (exact) mass is 350 g/mol. The summed E-state index contributed by atoms with van der Waals surface area (Å²) in [7, 11) is -3.63. The number of carbonyl (C=O) groups is 1. The van der Waals surface area contributed by atoms with Gasteiger partial charge in [-0.2, -0.15) is 0 Å². The molecule has 130 valence electrons. The number of sulfonamides is 1. The Bertz CT molecular complexity index is 737. The van der Waals surface area contributed by atoms with Crippen LogP contribution in [-0.2, 0) is 14.8 Å². The Balaban J connectivity index is 1.81. The molecule has 0 aromatic heterocycles. The van der Waals surface area contributed by atoms with Crippen LogP contribution in [0.2, 0.25) is 0 Å². The van der Waals surface area contributed by atoms with Crippen LogP contribution in [0.3, 0.4) is 0 Å². The molecule has 8 heteroatoms. The molecule has 24 heavy (non-hydrogen) atoms. The minimum absolute atomic E-state index is 0.190. The maximum Gasteiger partial charge on any atom is 0.266 e. The van der Waals surface area contributed by atoms with Gasteiger partial charge >= 0.3 is 0 Å². The Morgan fingerprint density at radius 2 is 1.75 bits per heavy atom. The summed E-state index contributed by atoms with van der Waals surface area (Å²) in [5.41, 5.74) is 0.577. The average Bonchev–Trinajstić information content (AvgIpc) is 3.06. The van der Waals surface area contributed by atoms with Gasteiger partial charge in [0, 0.05) is 25.7 Å².